The number of nitrogens with one attached hydrogen (secondary N) is 2. The molecule has 53 heavy (non-hydrogen) atoms. The van der Waals surface area contributed by atoms with Crippen LogP contribution in [0.3, 0.4) is 0 Å². The van der Waals surface area contributed by atoms with Crippen LogP contribution in [0.2, 0.25) is 0 Å². The van der Waals surface area contributed by atoms with Gasteiger partial charge in [0.05, 0.1) is 41.1 Å². The zero-order valence-corrected chi connectivity index (χ0v) is 31.1. The molecule has 3 aromatic carbocycles. The second kappa shape index (κ2) is 17.6. The normalized spacial score (nSPS) is 14.1. The Kier molecular flexibility index (Phi) is 13.0. The fourth-order valence-corrected chi connectivity index (χ4v) is 6.43. The summed E-state index contributed by atoms with van der Waals surface area (Å²) in [5.41, 5.74) is 9.69. The van der Waals surface area contributed by atoms with Crippen molar-refractivity contribution in [1.82, 2.24) is 15.2 Å². The van der Waals surface area contributed by atoms with E-state index in [2.05, 4.69) is 51.7 Å². The standard InChI is InChI=1S/C39H43F3N6O4S/c1-24(2)33-18-11-25(3)19-34(33)45-38(53-23-51-37(50)29-9-7-6-8-10-29)46-43-21-30-12-15-31(20-26(30)4)48-22-35(27(5)47-48)44-36(49)28-13-16-32(17-14-28)52-39(40,41)42/h11-22,24,29H,6-10,23H2,1-5H3,(H,44,49)(H,45,46)/b43-21+. The Morgan fingerprint density at radius 3 is 2.43 bits per heavy atom. The highest BCUT2D eigenvalue weighted by Gasteiger charge is 2.31. The second-order valence-corrected chi connectivity index (χ2v) is 14.1. The van der Waals surface area contributed by atoms with Crippen LogP contribution in [0.5, 0.6) is 5.75 Å². The SMILES string of the molecule is Cc1ccc(C(C)C)c(N=C(N/N=C/c2ccc(-n3cc(NC(=O)c4ccc(OC(F)(F)F)cc4)c(C)n3)cc2C)SCOC(=O)C2CCCCC2)c1. The van der Waals surface area contributed by atoms with Crippen LogP contribution < -0.4 is 15.5 Å². The Bertz CT molecular complexity index is 1970. The molecule has 1 aliphatic rings. The van der Waals surface area contributed by atoms with Gasteiger partial charge in [0, 0.05) is 5.56 Å². The predicted molar refractivity (Wildman–Crippen MR) is 202 cm³/mol. The highest BCUT2D eigenvalue weighted by atomic mass is 32.2. The van der Waals surface area contributed by atoms with Crippen LogP contribution in [0, 0.1) is 26.7 Å². The molecule has 1 aromatic heterocycles. The lowest BCUT2D eigenvalue weighted by Gasteiger charge is -2.19. The van der Waals surface area contributed by atoms with Gasteiger partial charge in [-0.2, -0.15) is 10.2 Å². The van der Waals surface area contributed by atoms with E-state index in [0.29, 0.717) is 16.5 Å². The van der Waals surface area contributed by atoms with Crippen molar-refractivity contribution in [2.75, 3.05) is 11.3 Å². The van der Waals surface area contributed by atoms with Crippen molar-refractivity contribution >= 4 is 46.4 Å². The van der Waals surface area contributed by atoms with Crippen molar-refractivity contribution in [3.8, 4) is 11.4 Å². The van der Waals surface area contributed by atoms with Crippen LogP contribution in [0.1, 0.15) is 90.2 Å². The third kappa shape index (κ3) is 11.2. The molecule has 0 aliphatic heterocycles. The molecule has 14 heteroatoms. The third-order valence-corrected chi connectivity index (χ3v) is 9.44. The summed E-state index contributed by atoms with van der Waals surface area (Å²) < 4.78 is 48.6. The molecule has 10 nitrogen and oxygen atoms in total. The number of aliphatic imine (C=N–C) groups is 1. The van der Waals surface area contributed by atoms with Gasteiger partial charge in [-0.15, -0.1) is 13.2 Å². The molecule has 0 saturated heterocycles. The van der Waals surface area contributed by atoms with Crippen LogP contribution in [-0.4, -0.2) is 45.3 Å². The smallest absolute Gasteiger partial charge is 0.454 e. The number of amidine groups is 1. The van der Waals surface area contributed by atoms with Crippen LogP contribution in [-0.2, 0) is 9.53 Å². The monoisotopic (exact) mass is 748 g/mol. The third-order valence-electron chi connectivity index (χ3n) is 8.74. The van der Waals surface area contributed by atoms with Crippen LogP contribution in [0.15, 0.2) is 77.0 Å². The van der Waals surface area contributed by atoms with Crippen LogP contribution in [0.4, 0.5) is 24.5 Å². The average molecular weight is 749 g/mol. The first-order valence-corrected chi connectivity index (χ1v) is 18.4. The summed E-state index contributed by atoms with van der Waals surface area (Å²) in [6.45, 7) is 9.92. The van der Waals surface area contributed by atoms with Crippen molar-refractivity contribution in [3.05, 3.63) is 100 Å². The van der Waals surface area contributed by atoms with Crippen LogP contribution in [0.25, 0.3) is 5.69 Å². The lowest BCUT2D eigenvalue weighted by molar-refractivity contribution is -0.274. The minimum atomic E-state index is -4.82. The number of benzene rings is 3. The van der Waals surface area contributed by atoms with E-state index < -0.39 is 18.0 Å². The summed E-state index contributed by atoms with van der Waals surface area (Å²) in [7, 11) is 0. The second-order valence-electron chi connectivity index (χ2n) is 13.2. The summed E-state index contributed by atoms with van der Waals surface area (Å²) >= 11 is 1.28. The van der Waals surface area contributed by atoms with E-state index in [1.807, 2.05) is 38.1 Å². The summed E-state index contributed by atoms with van der Waals surface area (Å²) in [6, 6.07) is 16.5. The van der Waals surface area contributed by atoms with Gasteiger partial charge in [-0.05, 0) is 116 Å². The van der Waals surface area contributed by atoms with Crippen molar-refractivity contribution in [3.63, 3.8) is 0 Å². The number of amides is 1. The van der Waals surface area contributed by atoms with Gasteiger partial charge in [0.1, 0.15) is 11.7 Å². The Morgan fingerprint density at radius 1 is 1.02 bits per heavy atom. The number of anilines is 1. The summed E-state index contributed by atoms with van der Waals surface area (Å²) in [5, 5.41) is 12.3. The number of hydrogen-bond acceptors (Lipinski definition) is 8. The molecule has 1 heterocycles. The van der Waals surface area contributed by atoms with Gasteiger partial charge in [0.25, 0.3) is 5.91 Å². The lowest BCUT2D eigenvalue weighted by Crippen LogP contribution is -2.21. The number of aryl methyl sites for hydroxylation is 3. The van der Waals surface area contributed by atoms with Gasteiger partial charge in [0.15, 0.2) is 5.17 Å². The number of thioether (sulfide) groups is 1. The van der Waals surface area contributed by atoms with Crippen molar-refractivity contribution in [1.29, 1.82) is 0 Å². The molecule has 5 rings (SSSR count). The number of ether oxygens (including phenoxy) is 2. The first-order valence-electron chi connectivity index (χ1n) is 17.4. The molecule has 1 amide bonds. The van der Waals surface area contributed by atoms with Gasteiger partial charge < -0.3 is 14.8 Å². The summed E-state index contributed by atoms with van der Waals surface area (Å²) in [5.74, 6) is -0.764. The first kappa shape index (κ1) is 39.1. The molecular formula is C39H43F3N6O4S. The molecule has 2 N–H and O–H groups in total. The molecule has 280 valence electrons. The van der Waals surface area contributed by atoms with Gasteiger partial charge in [-0.25, -0.2) is 9.67 Å². The lowest BCUT2D eigenvalue weighted by atomic mass is 9.89. The number of halogens is 3. The van der Waals surface area contributed by atoms with Gasteiger partial charge >= 0.3 is 12.3 Å². The molecule has 1 aliphatic carbocycles. The molecule has 0 spiro atoms. The van der Waals surface area contributed by atoms with E-state index in [1.54, 1.807) is 24.0 Å². The number of aromatic nitrogens is 2. The van der Waals surface area contributed by atoms with E-state index in [0.717, 1.165) is 77.9 Å². The topological polar surface area (TPSA) is 119 Å². The maximum atomic E-state index is 12.8. The zero-order chi connectivity index (χ0) is 38.1. The number of rotatable bonds is 11. The van der Waals surface area contributed by atoms with E-state index >= 15 is 0 Å². The molecule has 0 unspecified atom stereocenters. The highest BCUT2D eigenvalue weighted by molar-refractivity contribution is 8.13. The van der Waals surface area contributed by atoms with E-state index in [-0.39, 0.29) is 29.3 Å². The van der Waals surface area contributed by atoms with E-state index in [1.165, 1.54) is 23.9 Å². The molecule has 0 bridgehead atoms. The van der Waals surface area contributed by atoms with Crippen molar-refractivity contribution in [2.24, 2.45) is 16.0 Å². The fourth-order valence-electron chi connectivity index (χ4n) is 5.86. The van der Waals surface area contributed by atoms with Crippen molar-refractivity contribution in [2.45, 2.75) is 79.0 Å². The van der Waals surface area contributed by atoms with Gasteiger partial charge in [-0.3, -0.25) is 15.0 Å². The number of hydrazone groups is 1. The van der Waals surface area contributed by atoms with Crippen molar-refractivity contribution < 1.29 is 32.2 Å². The number of alkyl halides is 3. The molecule has 4 aromatic rings. The number of hydrogen-bond donors (Lipinski definition) is 2. The maximum Gasteiger partial charge on any atom is 0.573 e. The Hall–Kier alpha value is -5.11. The van der Waals surface area contributed by atoms with Crippen LogP contribution >= 0.6 is 11.8 Å². The van der Waals surface area contributed by atoms with E-state index in [4.69, 9.17) is 9.73 Å². The number of esters is 1. The highest BCUT2D eigenvalue weighted by Crippen LogP contribution is 2.30. The van der Waals surface area contributed by atoms with E-state index in [9.17, 15) is 22.8 Å². The molecule has 0 atom stereocenters. The first-order chi connectivity index (χ1) is 25.3. The van der Waals surface area contributed by atoms with Gasteiger partial charge in [-0.1, -0.05) is 51.3 Å². The molecule has 0 radical (unpaired) electrons. The molecular weight excluding hydrogens is 706 g/mol. The Balaban J connectivity index is 1.26. The summed E-state index contributed by atoms with van der Waals surface area (Å²) in [6.07, 6.45) is 3.53. The molecule has 1 saturated carbocycles. The largest absolute Gasteiger partial charge is 0.573 e. The zero-order valence-electron chi connectivity index (χ0n) is 30.3. The Labute approximate surface area is 311 Å². The minimum absolute atomic E-state index is 0.0433. The predicted octanol–water partition coefficient (Wildman–Crippen LogP) is 9.50. The number of carbonyl (C=O) groups is 2. The molecule has 1 fully saturated rings. The number of carbonyl (C=O) groups excluding carboxylic acids is 2. The quantitative estimate of drug-likeness (QED) is 0.0516. The number of nitrogens with zero attached hydrogens (tertiary/aromatic N) is 4. The Morgan fingerprint density at radius 2 is 1.75 bits per heavy atom. The minimum Gasteiger partial charge on any atom is -0.454 e. The fraction of sp³-hybridized carbons (Fsp3) is 0.359. The van der Waals surface area contributed by atoms with Gasteiger partial charge in [0.2, 0.25) is 0 Å². The average Bonchev–Trinajstić information content (AvgIpc) is 3.48. The summed E-state index contributed by atoms with van der Waals surface area (Å²) in [4.78, 5) is 30.4. The maximum absolute atomic E-state index is 12.8.